The first kappa shape index (κ1) is 12.6. The van der Waals surface area contributed by atoms with Crippen molar-refractivity contribution >= 4 is 11.6 Å². The van der Waals surface area contributed by atoms with Crippen LogP contribution in [0.1, 0.15) is 29.9 Å². The van der Waals surface area contributed by atoms with Crippen molar-refractivity contribution in [2.45, 2.75) is 24.2 Å². The van der Waals surface area contributed by atoms with E-state index in [2.05, 4.69) is 23.2 Å². The zero-order chi connectivity index (χ0) is 13.3. The fraction of sp³-hybridized carbons (Fsp3) is 0.312. The SMILES string of the molecule is NCC1(c2ccc(Cl)cc2)CCC1c1cccnc1. The highest BCUT2D eigenvalue weighted by Gasteiger charge is 2.47. The first-order chi connectivity index (χ1) is 9.26. The molecule has 0 aliphatic heterocycles. The Kier molecular flexibility index (Phi) is 3.29. The number of rotatable bonds is 3. The Balaban J connectivity index is 1.98. The van der Waals surface area contributed by atoms with E-state index in [1.165, 1.54) is 17.5 Å². The molecule has 98 valence electrons. The van der Waals surface area contributed by atoms with Gasteiger partial charge < -0.3 is 5.73 Å². The molecule has 19 heavy (non-hydrogen) atoms. The minimum atomic E-state index is 0.0492. The largest absolute Gasteiger partial charge is 0.330 e. The van der Waals surface area contributed by atoms with Crippen LogP contribution in [-0.2, 0) is 5.41 Å². The quantitative estimate of drug-likeness (QED) is 0.929. The molecule has 1 fully saturated rings. The number of benzene rings is 1. The molecule has 2 N–H and O–H groups in total. The Morgan fingerprint density at radius 3 is 2.58 bits per heavy atom. The second-order valence-electron chi connectivity index (χ2n) is 5.24. The summed E-state index contributed by atoms with van der Waals surface area (Å²) in [5, 5.41) is 0.771. The lowest BCUT2D eigenvalue weighted by Crippen LogP contribution is -2.48. The molecule has 1 aliphatic rings. The molecule has 0 spiro atoms. The molecule has 2 unspecified atom stereocenters. The molecule has 3 rings (SSSR count). The normalized spacial score (nSPS) is 25.9. The maximum Gasteiger partial charge on any atom is 0.0406 e. The summed E-state index contributed by atoms with van der Waals surface area (Å²) in [6.07, 6.45) is 6.08. The number of pyridine rings is 1. The molecular formula is C16H17ClN2. The van der Waals surface area contributed by atoms with Gasteiger partial charge in [0.2, 0.25) is 0 Å². The molecule has 1 aromatic carbocycles. The van der Waals surface area contributed by atoms with Crippen LogP contribution in [-0.4, -0.2) is 11.5 Å². The monoisotopic (exact) mass is 272 g/mol. The summed E-state index contributed by atoms with van der Waals surface area (Å²) < 4.78 is 0. The third-order valence-electron chi connectivity index (χ3n) is 4.42. The Bertz CT molecular complexity index is 549. The summed E-state index contributed by atoms with van der Waals surface area (Å²) >= 11 is 5.98. The standard InChI is InChI=1S/C16H17ClN2/c17-14-5-3-13(4-6-14)16(11-18)8-7-15(16)12-2-1-9-19-10-12/h1-6,9-10,15H,7-8,11,18H2. The van der Waals surface area contributed by atoms with Crippen LogP contribution in [0.4, 0.5) is 0 Å². The van der Waals surface area contributed by atoms with Gasteiger partial charge in [0.05, 0.1) is 0 Å². The van der Waals surface area contributed by atoms with Crippen LogP contribution < -0.4 is 5.73 Å². The van der Waals surface area contributed by atoms with Gasteiger partial charge in [-0.1, -0.05) is 29.8 Å². The highest BCUT2D eigenvalue weighted by molar-refractivity contribution is 6.30. The van der Waals surface area contributed by atoms with E-state index >= 15 is 0 Å². The Hall–Kier alpha value is -1.38. The summed E-state index contributed by atoms with van der Waals surface area (Å²) in [6, 6.07) is 12.3. The lowest BCUT2D eigenvalue weighted by molar-refractivity contribution is 0.198. The predicted molar refractivity (Wildman–Crippen MR) is 78.4 cm³/mol. The maximum atomic E-state index is 6.11. The van der Waals surface area contributed by atoms with E-state index < -0.39 is 0 Å². The maximum absolute atomic E-state index is 6.11. The van der Waals surface area contributed by atoms with Gasteiger partial charge in [0.1, 0.15) is 0 Å². The second-order valence-corrected chi connectivity index (χ2v) is 5.68. The van der Waals surface area contributed by atoms with Crippen molar-refractivity contribution in [2.24, 2.45) is 5.73 Å². The third kappa shape index (κ3) is 2.05. The molecule has 1 aromatic heterocycles. The van der Waals surface area contributed by atoms with Gasteiger partial charge in [0.15, 0.2) is 0 Å². The highest BCUT2D eigenvalue weighted by Crippen LogP contribution is 2.53. The number of halogens is 1. The molecule has 1 aliphatic carbocycles. The zero-order valence-corrected chi connectivity index (χ0v) is 11.5. The van der Waals surface area contributed by atoms with Gasteiger partial charge in [-0.3, -0.25) is 4.98 Å². The van der Waals surface area contributed by atoms with Gasteiger partial charge in [-0.05, 0) is 48.1 Å². The number of hydrogen-bond donors (Lipinski definition) is 1. The summed E-state index contributed by atoms with van der Waals surface area (Å²) in [5.41, 5.74) is 8.74. The van der Waals surface area contributed by atoms with Crippen molar-refractivity contribution in [3.63, 3.8) is 0 Å². The summed E-state index contributed by atoms with van der Waals surface area (Å²) in [5.74, 6) is 0.465. The molecule has 0 saturated heterocycles. The van der Waals surface area contributed by atoms with Crippen LogP contribution in [0.5, 0.6) is 0 Å². The van der Waals surface area contributed by atoms with Crippen molar-refractivity contribution in [3.8, 4) is 0 Å². The Labute approximate surface area is 118 Å². The molecule has 2 atom stereocenters. The van der Waals surface area contributed by atoms with E-state index in [0.717, 1.165) is 11.4 Å². The number of nitrogens with zero attached hydrogens (tertiary/aromatic N) is 1. The minimum Gasteiger partial charge on any atom is -0.330 e. The lowest BCUT2D eigenvalue weighted by Gasteiger charge is -2.50. The minimum absolute atomic E-state index is 0.0492. The zero-order valence-electron chi connectivity index (χ0n) is 10.7. The van der Waals surface area contributed by atoms with Crippen LogP contribution in [0.15, 0.2) is 48.8 Å². The molecule has 3 heteroatoms. The van der Waals surface area contributed by atoms with E-state index in [9.17, 15) is 0 Å². The van der Waals surface area contributed by atoms with Crippen molar-refractivity contribution in [1.29, 1.82) is 0 Å². The van der Waals surface area contributed by atoms with E-state index in [0.29, 0.717) is 12.5 Å². The van der Waals surface area contributed by atoms with Gasteiger partial charge >= 0.3 is 0 Å². The van der Waals surface area contributed by atoms with Crippen molar-refractivity contribution in [2.75, 3.05) is 6.54 Å². The lowest BCUT2D eigenvalue weighted by atomic mass is 9.55. The highest BCUT2D eigenvalue weighted by atomic mass is 35.5. The van der Waals surface area contributed by atoms with E-state index in [4.69, 9.17) is 17.3 Å². The van der Waals surface area contributed by atoms with Gasteiger partial charge in [-0.15, -0.1) is 0 Å². The van der Waals surface area contributed by atoms with Crippen molar-refractivity contribution in [1.82, 2.24) is 4.98 Å². The van der Waals surface area contributed by atoms with E-state index in [1.54, 1.807) is 0 Å². The fourth-order valence-electron chi connectivity index (χ4n) is 3.19. The summed E-state index contributed by atoms with van der Waals surface area (Å²) in [6.45, 7) is 0.661. The van der Waals surface area contributed by atoms with Gasteiger partial charge in [-0.2, -0.15) is 0 Å². The molecule has 2 nitrogen and oxygen atoms in total. The smallest absolute Gasteiger partial charge is 0.0406 e. The Morgan fingerprint density at radius 1 is 1.26 bits per heavy atom. The molecule has 0 radical (unpaired) electrons. The van der Waals surface area contributed by atoms with Gasteiger partial charge in [0.25, 0.3) is 0 Å². The molecule has 1 heterocycles. The fourth-order valence-corrected chi connectivity index (χ4v) is 3.32. The van der Waals surface area contributed by atoms with Gasteiger partial charge in [-0.25, -0.2) is 0 Å². The topological polar surface area (TPSA) is 38.9 Å². The molecule has 0 amide bonds. The van der Waals surface area contributed by atoms with Crippen LogP contribution in [0.3, 0.4) is 0 Å². The van der Waals surface area contributed by atoms with Crippen LogP contribution >= 0.6 is 11.6 Å². The average molecular weight is 273 g/mol. The number of hydrogen-bond acceptors (Lipinski definition) is 2. The first-order valence-electron chi connectivity index (χ1n) is 6.62. The number of nitrogens with two attached hydrogens (primary N) is 1. The summed E-state index contributed by atoms with van der Waals surface area (Å²) in [4.78, 5) is 4.23. The number of aromatic nitrogens is 1. The predicted octanol–water partition coefficient (Wildman–Crippen LogP) is 3.51. The molecular weight excluding hydrogens is 256 g/mol. The second kappa shape index (κ2) is 4.95. The van der Waals surface area contributed by atoms with Crippen LogP contribution in [0, 0.1) is 0 Å². The average Bonchev–Trinajstić information content (AvgIpc) is 2.42. The van der Waals surface area contributed by atoms with E-state index in [1.807, 2.05) is 30.6 Å². The van der Waals surface area contributed by atoms with Gasteiger partial charge in [0, 0.05) is 29.4 Å². The van der Waals surface area contributed by atoms with Crippen LogP contribution in [0.2, 0.25) is 5.02 Å². The first-order valence-corrected chi connectivity index (χ1v) is 7.00. The van der Waals surface area contributed by atoms with E-state index in [-0.39, 0.29) is 5.41 Å². The molecule has 0 bridgehead atoms. The van der Waals surface area contributed by atoms with Crippen molar-refractivity contribution in [3.05, 3.63) is 64.9 Å². The van der Waals surface area contributed by atoms with Crippen molar-refractivity contribution < 1.29 is 0 Å². The Morgan fingerprint density at radius 2 is 2.05 bits per heavy atom. The molecule has 2 aromatic rings. The summed E-state index contributed by atoms with van der Waals surface area (Å²) in [7, 11) is 0. The van der Waals surface area contributed by atoms with Crippen LogP contribution in [0.25, 0.3) is 0 Å². The molecule has 1 saturated carbocycles. The third-order valence-corrected chi connectivity index (χ3v) is 4.67.